The standard InChI is InChI=1S/C33H42BrNO9S/c1-6-21-16-33(21,31(39)42-5)17-28(36)27-14-24(44-45(40,41)25-9-7-22(34)8-10-25)18-35(27)30(38)26(32(2,3)4)15-29(37)43-23-12-19-11-20(19)13-23/h6-10,19-21,23-24,26-27H,1,11-18H2,2-5H3/t19-,20+,21-,23?,24+,26-,27?,33-/m1/s1. The minimum absolute atomic E-state index is 0.0605. The van der Waals surface area contributed by atoms with Crippen molar-refractivity contribution < 1.29 is 41.3 Å². The zero-order valence-corrected chi connectivity index (χ0v) is 28.6. The second-order valence-electron chi connectivity index (χ2n) is 14.2. The third-order valence-electron chi connectivity index (χ3n) is 10.00. The molecule has 3 aliphatic carbocycles. The number of nitrogens with zero attached hydrogens (tertiary/aromatic N) is 1. The van der Waals surface area contributed by atoms with Crippen LogP contribution in [0, 0.1) is 34.5 Å². The maximum absolute atomic E-state index is 14.3. The number of rotatable bonds is 12. The van der Waals surface area contributed by atoms with Gasteiger partial charge in [-0.15, -0.1) is 6.58 Å². The topological polar surface area (TPSA) is 133 Å². The molecule has 0 radical (unpaired) electrons. The number of carbonyl (C=O) groups is 4. The Kier molecular flexibility index (Phi) is 9.43. The van der Waals surface area contributed by atoms with E-state index < -0.39 is 62.6 Å². The van der Waals surface area contributed by atoms with Gasteiger partial charge < -0.3 is 14.4 Å². The quantitative estimate of drug-likeness (QED) is 0.170. The highest BCUT2D eigenvalue weighted by atomic mass is 79.9. The lowest BCUT2D eigenvalue weighted by molar-refractivity contribution is -0.157. The second kappa shape index (κ2) is 12.6. The van der Waals surface area contributed by atoms with Gasteiger partial charge in [-0.2, -0.15) is 8.42 Å². The number of methoxy groups -OCH3 is 1. The summed E-state index contributed by atoms with van der Waals surface area (Å²) in [5.41, 5.74) is -1.75. The van der Waals surface area contributed by atoms with Gasteiger partial charge in [-0.05, 0) is 73.1 Å². The first-order chi connectivity index (χ1) is 21.1. The van der Waals surface area contributed by atoms with Crippen molar-refractivity contribution in [2.75, 3.05) is 13.7 Å². The predicted octanol–water partition coefficient (Wildman–Crippen LogP) is 4.84. The zero-order valence-electron chi connectivity index (χ0n) is 26.2. The fourth-order valence-electron chi connectivity index (χ4n) is 7.16. The molecule has 0 bridgehead atoms. The van der Waals surface area contributed by atoms with Gasteiger partial charge in [-0.3, -0.25) is 23.4 Å². The van der Waals surface area contributed by atoms with Crippen LogP contribution < -0.4 is 0 Å². The molecule has 5 rings (SSSR count). The zero-order chi connectivity index (χ0) is 32.9. The van der Waals surface area contributed by atoms with Crippen LogP contribution in [-0.4, -0.2) is 68.9 Å². The van der Waals surface area contributed by atoms with Crippen LogP contribution >= 0.6 is 15.9 Å². The van der Waals surface area contributed by atoms with E-state index in [1.54, 1.807) is 18.2 Å². The molecule has 1 saturated heterocycles. The number of Topliss-reactive ketones (excluding diaryl/α,β-unsaturated/α-hetero) is 1. The molecular weight excluding hydrogens is 666 g/mol. The summed E-state index contributed by atoms with van der Waals surface area (Å²) in [5, 5.41) is 0. The summed E-state index contributed by atoms with van der Waals surface area (Å²) < 4.78 is 43.4. The van der Waals surface area contributed by atoms with Crippen LogP contribution in [0.3, 0.4) is 0 Å². The molecule has 4 aliphatic rings. The van der Waals surface area contributed by atoms with Crippen molar-refractivity contribution >= 4 is 49.7 Å². The summed E-state index contributed by atoms with van der Waals surface area (Å²) in [5.74, 6) is -1.66. The number of benzene rings is 1. The molecule has 0 aromatic heterocycles. The monoisotopic (exact) mass is 707 g/mol. The average Bonchev–Trinajstić information content (AvgIpc) is 3.78. The highest BCUT2D eigenvalue weighted by Gasteiger charge is 2.61. The highest BCUT2D eigenvalue weighted by molar-refractivity contribution is 9.10. The van der Waals surface area contributed by atoms with Crippen LogP contribution in [0.2, 0.25) is 0 Å². The molecule has 0 spiro atoms. The van der Waals surface area contributed by atoms with E-state index in [0.717, 1.165) is 12.8 Å². The minimum atomic E-state index is -4.23. The van der Waals surface area contributed by atoms with Crippen LogP contribution in [0.15, 0.2) is 46.3 Å². The molecule has 45 heavy (non-hydrogen) atoms. The van der Waals surface area contributed by atoms with Crippen molar-refractivity contribution in [3.05, 3.63) is 41.4 Å². The fraction of sp³-hybridized carbons (Fsp3) is 0.636. The molecule has 1 heterocycles. The Balaban J connectivity index is 1.37. The third-order valence-corrected chi connectivity index (χ3v) is 11.9. The van der Waals surface area contributed by atoms with E-state index in [-0.39, 0.29) is 42.7 Å². The number of halogens is 1. The SMILES string of the molecule is C=C[C@@H]1C[C@]1(CC(=O)C1C[C@H](OS(=O)(=O)c2ccc(Br)cc2)CN1C(=O)[C@@H](CC(=O)OC1C[C@@H]2C[C@@H]2C1)C(C)(C)C)C(=O)OC. The van der Waals surface area contributed by atoms with Crippen LogP contribution in [0.1, 0.15) is 65.7 Å². The van der Waals surface area contributed by atoms with Crippen molar-refractivity contribution in [2.24, 2.45) is 34.5 Å². The number of carbonyl (C=O) groups excluding carboxylic acids is 4. The second-order valence-corrected chi connectivity index (χ2v) is 16.7. The molecule has 10 nitrogen and oxygen atoms in total. The molecule has 1 aromatic carbocycles. The number of esters is 2. The molecule has 1 aliphatic heterocycles. The first-order valence-corrected chi connectivity index (χ1v) is 17.7. The molecule has 1 aromatic rings. The molecule has 1 amide bonds. The van der Waals surface area contributed by atoms with Crippen molar-refractivity contribution in [1.82, 2.24) is 4.90 Å². The maximum Gasteiger partial charge on any atom is 0.312 e. The predicted molar refractivity (Wildman–Crippen MR) is 167 cm³/mol. The lowest BCUT2D eigenvalue weighted by atomic mass is 9.77. The van der Waals surface area contributed by atoms with E-state index in [0.29, 0.717) is 22.7 Å². The summed E-state index contributed by atoms with van der Waals surface area (Å²) in [7, 11) is -2.96. The van der Waals surface area contributed by atoms with Crippen LogP contribution in [0.5, 0.6) is 0 Å². The van der Waals surface area contributed by atoms with E-state index in [1.165, 1.54) is 30.6 Å². The number of ether oxygens (including phenoxy) is 2. The summed E-state index contributed by atoms with van der Waals surface area (Å²) in [4.78, 5) is 55.3. The molecule has 2 unspecified atom stereocenters. The largest absolute Gasteiger partial charge is 0.469 e. The van der Waals surface area contributed by atoms with E-state index in [1.807, 2.05) is 20.8 Å². The van der Waals surface area contributed by atoms with Gasteiger partial charge in [0.2, 0.25) is 5.91 Å². The molecule has 12 heteroatoms. The average molecular weight is 709 g/mol. The van der Waals surface area contributed by atoms with Gasteiger partial charge >= 0.3 is 11.9 Å². The molecule has 4 fully saturated rings. The lowest BCUT2D eigenvalue weighted by Crippen LogP contribution is -2.48. The van der Waals surface area contributed by atoms with Crippen LogP contribution in [-0.2, 0) is 43.0 Å². The van der Waals surface area contributed by atoms with Crippen molar-refractivity contribution in [3.8, 4) is 0 Å². The summed E-state index contributed by atoms with van der Waals surface area (Å²) in [6.07, 6.45) is 3.32. The minimum Gasteiger partial charge on any atom is -0.469 e. The van der Waals surface area contributed by atoms with Crippen molar-refractivity contribution in [1.29, 1.82) is 0 Å². The summed E-state index contributed by atoms with van der Waals surface area (Å²) in [6.45, 7) is 9.14. The molecule has 8 atom stereocenters. The lowest BCUT2D eigenvalue weighted by Gasteiger charge is -2.35. The number of hydrogen-bond acceptors (Lipinski definition) is 9. The Hall–Kier alpha value is -2.57. The van der Waals surface area contributed by atoms with E-state index in [4.69, 9.17) is 13.7 Å². The van der Waals surface area contributed by atoms with E-state index in [9.17, 15) is 27.6 Å². The van der Waals surface area contributed by atoms with Gasteiger partial charge in [-0.25, -0.2) is 0 Å². The number of fused-ring (bicyclic) bond motifs is 1. The van der Waals surface area contributed by atoms with Crippen LogP contribution in [0.4, 0.5) is 0 Å². The van der Waals surface area contributed by atoms with Gasteiger partial charge in [0.15, 0.2) is 5.78 Å². The van der Waals surface area contributed by atoms with E-state index in [2.05, 4.69) is 22.5 Å². The first kappa shape index (κ1) is 33.8. The number of ketones is 1. The number of hydrogen-bond donors (Lipinski definition) is 0. The van der Waals surface area contributed by atoms with Gasteiger partial charge in [-0.1, -0.05) is 42.8 Å². The first-order valence-electron chi connectivity index (χ1n) is 15.5. The van der Waals surface area contributed by atoms with Gasteiger partial charge in [0.05, 0.1) is 41.9 Å². The van der Waals surface area contributed by atoms with E-state index >= 15 is 0 Å². The molecular formula is C33H42BrNO9S. The third kappa shape index (κ3) is 7.22. The Labute approximate surface area is 273 Å². The highest BCUT2D eigenvalue weighted by Crippen LogP contribution is 2.57. The Morgan fingerprint density at radius 2 is 1.71 bits per heavy atom. The van der Waals surface area contributed by atoms with Crippen molar-refractivity contribution in [2.45, 2.75) is 88.9 Å². The number of allylic oxidation sites excluding steroid dienone is 1. The normalized spacial score (nSPS) is 31.1. The van der Waals surface area contributed by atoms with Crippen LogP contribution in [0.25, 0.3) is 0 Å². The molecule has 246 valence electrons. The van der Waals surface area contributed by atoms with Gasteiger partial charge in [0.25, 0.3) is 10.1 Å². The maximum atomic E-state index is 14.3. The smallest absolute Gasteiger partial charge is 0.312 e. The van der Waals surface area contributed by atoms with Gasteiger partial charge in [0, 0.05) is 23.9 Å². The molecule has 0 N–H and O–H groups in total. The summed E-state index contributed by atoms with van der Waals surface area (Å²) in [6, 6.07) is 4.90. The Morgan fingerprint density at radius 1 is 1.07 bits per heavy atom. The summed E-state index contributed by atoms with van der Waals surface area (Å²) >= 11 is 3.29. The Bertz CT molecular complexity index is 1460. The number of amides is 1. The Morgan fingerprint density at radius 3 is 2.27 bits per heavy atom. The van der Waals surface area contributed by atoms with Gasteiger partial charge in [0.1, 0.15) is 6.10 Å². The fourth-order valence-corrected chi connectivity index (χ4v) is 8.50. The molecule has 3 saturated carbocycles. The number of likely N-dealkylation sites (tertiary alicyclic amines) is 1. The van der Waals surface area contributed by atoms with Crippen molar-refractivity contribution in [3.63, 3.8) is 0 Å².